The molecule has 0 aliphatic carbocycles. The number of amides is 1. The van der Waals surface area contributed by atoms with Gasteiger partial charge in [0.1, 0.15) is 5.82 Å². The number of unbranched alkanes of at least 4 members (excludes halogenated alkanes) is 1. The molecule has 1 atom stereocenters. The Balaban J connectivity index is 2.87. The smallest absolute Gasteiger partial charge is 0.220 e. The molecule has 0 unspecified atom stereocenters. The Morgan fingerprint density at radius 2 is 1.90 bits per heavy atom. The Bertz CT molecular complexity index is 463. The molecule has 1 rings (SSSR count). The number of carbonyl (C=O) groups excluding carboxylic acids is 1. The van der Waals surface area contributed by atoms with Crippen molar-refractivity contribution in [3.8, 4) is 11.5 Å². The average molecular weight is 283 g/mol. The Morgan fingerprint density at radius 3 is 2.45 bits per heavy atom. The van der Waals surface area contributed by atoms with E-state index < -0.39 is 11.9 Å². The van der Waals surface area contributed by atoms with Gasteiger partial charge in [-0.05, 0) is 19.4 Å². The molecule has 1 amide bonds. The number of carbonyl (C=O) groups is 1. The van der Waals surface area contributed by atoms with Crippen LogP contribution in [0, 0.1) is 5.82 Å². The molecular weight excluding hydrogens is 261 g/mol. The van der Waals surface area contributed by atoms with Crippen LogP contribution < -0.4 is 14.8 Å². The van der Waals surface area contributed by atoms with Gasteiger partial charge in [0, 0.05) is 18.1 Å². The highest BCUT2D eigenvalue weighted by Gasteiger charge is 2.17. The van der Waals surface area contributed by atoms with E-state index >= 15 is 0 Å². The first kappa shape index (κ1) is 16.3. The summed E-state index contributed by atoms with van der Waals surface area (Å²) in [6, 6.07) is 2.40. The van der Waals surface area contributed by atoms with Crippen molar-refractivity contribution in [2.75, 3.05) is 14.2 Å². The lowest BCUT2D eigenvalue weighted by atomic mass is 10.1. The van der Waals surface area contributed by atoms with Gasteiger partial charge in [0.15, 0.2) is 11.5 Å². The van der Waals surface area contributed by atoms with E-state index in [0.717, 1.165) is 12.8 Å². The summed E-state index contributed by atoms with van der Waals surface area (Å²) < 4.78 is 24.2. The summed E-state index contributed by atoms with van der Waals surface area (Å²) >= 11 is 0. The van der Waals surface area contributed by atoms with Crippen LogP contribution in [0.25, 0.3) is 0 Å². The Kier molecular flexibility index (Phi) is 6.28. The number of halogens is 1. The van der Waals surface area contributed by atoms with E-state index in [1.807, 2.05) is 6.92 Å². The second-order valence-electron chi connectivity index (χ2n) is 4.62. The third-order valence-electron chi connectivity index (χ3n) is 3.10. The SMILES string of the molecule is CCCCC(=O)N[C@H](C)c1cc(OC)c(OC)cc1F. The van der Waals surface area contributed by atoms with Gasteiger partial charge in [0.25, 0.3) is 0 Å². The number of hydrogen-bond donors (Lipinski definition) is 1. The molecule has 0 radical (unpaired) electrons. The lowest BCUT2D eigenvalue weighted by Crippen LogP contribution is -2.27. The zero-order valence-corrected chi connectivity index (χ0v) is 12.5. The average Bonchev–Trinajstić information content (AvgIpc) is 2.44. The maximum Gasteiger partial charge on any atom is 0.220 e. The van der Waals surface area contributed by atoms with Crippen LogP contribution in [0.4, 0.5) is 4.39 Å². The minimum Gasteiger partial charge on any atom is -0.493 e. The second kappa shape index (κ2) is 7.72. The van der Waals surface area contributed by atoms with Gasteiger partial charge in [-0.25, -0.2) is 4.39 Å². The molecule has 20 heavy (non-hydrogen) atoms. The lowest BCUT2D eigenvalue weighted by molar-refractivity contribution is -0.121. The fraction of sp³-hybridized carbons (Fsp3) is 0.533. The molecule has 0 saturated carbocycles. The van der Waals surface area contributed by atoms with Crippen LogP contribution in [0.5, 0.6) is 11.5 Å². The predicted octanol–water partition coefficient (Wildman–Crippen LogP) is 3.21. The monoisotopic (exact) mass is 283 g/mol. The molecule has 0 aliphatic rings. The van der Waals surface area contributed by atoms with E-state index in [-0.39, 0.29) is 5.91 Å². The molecule has 0 saturated heterocycles. The van der Waals surface area contributed by atoms with Crippen LogP contribution in [0.2, 0.25) is 0 Å². The standard InChI is InChI=1S/C15H22FNO3/c1-5-6-7-15(18)17-10(2)11-8-13(19-3)14(20-4)9-12(11)16/h8-10H,5-7H2,1-4H3,(H,17,18)/t10-/m1/s1. The number of hydrogen-bond acceptors (Lipinski definition) is 3. The van der Waals surface area contributed by atoms with Gasteiger partial charge in [-0.2, -0.15) is 0 Å². The molecule has 4 nitrogen and oxygen atoms in total. The van der Waals surface area contributed by atoms with Gasteiger partial charge in [-0.3, -0.25) is 4.79 Å². The summed E-state index contributed by atoms with van der Waals surface area (Å²) in [6.45, 7) is 3.76. The molecule has 1 aromatic rings. The quantitative estimate of drug-likeness (QED) is 0.836. The molecule has 0 aliphatic heterocycles. The van der Waals surface area contributed by atoms with Crippen molar-refractivity contribution in [2.45, 2.75) is 39.2 Å². The van der Waals surface area contributed by atoms with E-state index in [9.17, 15) is 9.18 Å². The van der Waals surface area contributed by atoms with Crippen molar-refractivity contribution in [3.63, 3.8) is 0 Å². The Morgan fingerprint density at radius 1 is 1.30 bits per heavy atom. The van der Waals surface area contributed by atoms with Crippen LogP contribution in [0.3, 0.4) is 0 Å². The number of rotatable bonds is 7. The summed E-state index contributed by atoms with van der Waals surface area (Å²) in [5.74, 6) is 0.274. The minimum atomic E-state index is -0.425. The summed E-state index contributed by atoms with van der Waals surface area (Å²) in [5, 5.41) is 2.79. The maximum absolute atomic E-state index is 14.0. The van der Waals surface area contributed by atoms with Crippen molar-refractivity contribution < 1.29 is 18.7 Å². The van der Waals surface area contributed by atoms with E-state index in [1.165, 1.54) is 20.3 Å². The first-order chi connectivity index (χ1) is 9.53. The molecule has 0 aromatic heterocycles. The van der Waals surface area contributed by atoms with Crippen molar-refractivity contribution >= 4 is 5.91 Å². The highest BCUT2D eigenvalue weighted by Crippen LogP contribution is 2.32. The number of nitrogens with one attached hydrogen (secondary N) is 1. The third kappa shape index (κ3) is 4.11. The summed E-state index contributed by atoms with van der Waals surface area (Å²) in [7, 11) is 2.94. The van der Waals surface area contributed by atoms with E-state index in [1.54, 1.807) is 13.0 Å². The van der Waals surface area contributed by atoms with Gasteiger partial charge in [-0.15, -0.1) is 0 Å². The largest absolute Gasteiger partial charge is 0.493 e. The molecule has 0 spiro atoms. The van der Waals surface area contributed by atoms with Crippen molar-refractivity contribution in [3.05, 3.63) is 23.5 Å². The van der Waals surface area contributed by atoms with Crippen molar-refractivity contribution in [1.29, 1.82) is 0 Å². The minimum absolute atomic E-state index is 0.0754. The van der Waals surface area contributed by atoms with Crippen LogP contribution in [0.1, 0.15) is 44.7 Å². The van der Waals surface area contributed by atoms with E-state index in [2.05, 4.69) is 5.32 Å². The summed E-state index contributed by atoms with van der Waals surface area (Å²) in [5.41, 5.74) is 0.382. The fourth-order valence-electron chi connectivity index (χ4n) is 1.93. The van der Waals surface area contributed by atoms with Gasteiger partial charge in [0.2, 0.25) is 5.91 Å². The first-order valence-electron chi connectivity index (χ1n) is 6.74. The number of ether oxygens (including phenoxy) is 2. The van der Waals surface area contributed by atoms with Gasteiger partial charge in [-0.1, -0.05) is 13.3 Å². The van der Waals surface area contributed by atoms with Crippen LogP contribution in [-0.4, -0.2) is 20.1 Å². The van der Waals surface area contributed by atoms with Crippen LogP contribution >= 0.6 is 0 Å². The van der Waals surface area contributed by atoms with E-state index in [0.29, 0.717) is 23.5 Å². The Hall–Kier alpha value is -1.78. The van der Waals surface area contributed by atoms with Crippen LogP contribution in [-0.2, 0) is 4.79 Å². The second-order valence-corrected chi connectivity index (χ2v) is 4.62. The topological polar surface area (TPSA) is 47.6 Å². The molecule has 5 heteroatoms. The first-order valence-corrected chi connectivity index (χ1v) is 6.74. The third-order valence-corrected chi connectivity index (χ3v) is 3.10. The number of methoxy groups -OCH3 is 2. The van der Waals surface area contributed by atoms with E-state index in [4.69, 9.17) is 9.47 Å². The van der Waals surface area contributed by atoms with Gasteiger partial charge < -0.3 is 14.8 Å². The lowest BCUT2D eigenvalue weighted by Gasteiger charge is -2.17. The van der Waals surface area contributed by atoms with Crippen LogP contribution in [0.15, 0.2) is 12.1 Å². The predicted molar refractivity (Wildman–Crippen MR) is 75.6 cm³/mol. The molecule has 0 bridgehead atoms. The van der Waals surface area contributed by atoms with Crippen molar-refractivity contribution in [2.24, 2.45) is 0 Å². The highest BCUT2D eigenvalue weighted by atomic mass is 19.1. The van der Waals surface area contributed by atoms with Gasteiger partial charge in [0.05, 0.1) is 20.3 Å². The highest BCUT2D eigenvalue weighted by molar-refractivity contribution is 5.76. The normalized spacial score (nSPS) is 11.8. The molecule has 0 heterocycles. The Labute approximate surface area is 119 Å². The zero-order valence-electron chi connectivity index (χ0n) is 12.5. The molecule has 112 valence electrons. The molecule has 1 N–H and O–H groups in total. The maximum atomic E-state index is 14.0. The molecule has 1 aromatic carbocycles. The fourth-order valence-corrected chi connectivity index (χ4v) is 1.93. The summed E-state index contributed by atoms with van der Waals surface area (Å²) in [6.07, 6.45) is 2.23. The number of benzene rings is 1. The molecule has 0 fully saturated rings. The van der Waals surface area contributed by atoms with Gasteiger partial charge >= 0.3 is 0 Å². The summed E-state index contributed by atoms with van der Waals surface area (Å²) in [4.78, 5) is 11.7. The molecular formula is C15H22FNO3. The van der Waals surface area contributed by atoms with Crippen molar-refractivity contribution in [1.82, 2.24) is 5.32 Å². The zero-order chi connectivity index (χ0) is 15.1.